The normalized spacial score (nSPS) is 11.1. The Kier molecular flexibility index (Phi) is 7.23. The lowest BCUT2D eigenvalue weighted by Crippen LogP contribution is -2.13. The molecule has 0 radical (unpaired) electrons. The zero-order valence-corrected chi connectivity index (χ0v) is 21.4. The van der Waals surface area contributed by atoms with E-state index in [4.69, 9.17) is 9.47 Å². The van der Waals surface area contributed by atoms with Crippen molar-refractivity contribution in [1.82, 2.24) is 14.8 Å². The van der Waals surface area contributed by atoms with Crippen LogP contribution in [0.3, 0.4) is 0 Å². The van der Waals surface area contributed by atoms with Crippen molar-refractivity contribution in [3.8, 4) is 33.4 Å². The summed E-state index contributed by atoms with van der Waals surface area (Å²) in [5, 5.41) is 14.1. The second-order valence-electron chi connectivity index (χ2n) is 8.05. The van der Waals surface area contributed by atoms with E-state index in [0.717, 1.165) is 22.6 Å². The highest BCUT2D eigenvalue weighted by Crippen LogP contribution is 2.30. The van der Waals surface area contributed by atoms with Gasteiger partial charge in [-0.2, -0.15) is 9.80 Å². The maximum Gasteiger partial charge on any atom is 0.338 e. The van der Waals surface area contributed by atoms with Crippen LogP contribution >= 0.6 is 11.3 Å². The fourth-order valence-corrected chi connectivity index (χ4v) is 4.50. The maximum atomic E-state index is 13.5. The van der Waals surface area contributed by atoms with Gasteiger partial charge >= 0.3 is 11.5 Å². The molecule has 0 spiro atoms. The van der Waals surface area contributed by atoms with Crippen LogP contribution in [0.15, 0.2) is 99.3 Å². The molecule has 0 saturated carbocycles. The lowest BCUT2D eigenvalue weighted by molar-refractivity contribution is 0.0526. The fourth-order valence-electron chi connectivity index (χ4n) is 3.71. The first-order valence-electron chi connectivity index (χ1n) is 11.8. The molecule has 0 unspecified atom stereocenters. The van der Waals surface area contributed by atoms with Gasteiger partial charge in [0.15, 0.2) is 5.69 Å². The van der Waals surface area contributed by atoms with Gasteiger partial charge in [-0.25, -0.2) is 9.78 Å². The predicted molar refractivity (Wildman–Crippen MR) is 146 cm³/mol. The van der Waals surface area contributed by atoms with Crippen molar-refractivity contribution in [1.29, 1.82) is 0 Å². The molecule has 190 valence electrons. The summed E-state index contributed by atoms with van der Waals surface area (Å²) in [6, 6.07) is 23.5. The van der Waals surface area contributed by atoms with E-state index >= 15 is 0 Å². The molecule has 0 atom stereocenters. The van der Waals surface area contributed by atoms with Crippen LogP contribution in [-0.2, 0) is 4.74 Å². The number of carbonyl (C=O) groups excluding carboxylic acids is 1. The standard InChI is InChI=1S/C28H23N5O4S/c1-3-37-27(35)20-9-13-21(14-10-20)30-31-25-24(19-7-5-4-6-8-19)32-33(26(25)34)28-29-23(17-38-28)18-11-15-22(36-2)16-12-18/h4-17,32H,3H2,1-2H3. The summed E-state index contributed by atoms with van der Waals surface area (Å²) in [6.07, 6.45) is 0. The zero-order valence-electron chi connectivity index (χ0n) is 20.6. The molecule has 1 N–H and O–H groups in total. The topological polar surface area (TPSA) is 111 Å². The molecule has 10 heteroatoms. The lowest BCUT2D eigenvalue weighted by atomic mass is 10.1. The molecule has 0 aliphatic heterocycles. The van der Waals surface area contributed by atoms with E-state index in [1.165, 1.54) is 16.0 Å². The van der Waals surface area contributed by atoms with E-state index in [1.807, 2.05) is 60.0 Å². The molecule has 9 nitrogen and oxygen atoms in total. The fraction of sp³-hybridized carbons (Fsp3) is 0.107. The number of carbonyl (C=O) groups is 1. The average molecular weight is 526 g/mol. The number of aromatic nitrogens is 3. The minimum Gasteiger partial charge on any atom is -0.497 e. The molecule has 2 aromatic heterocycles. The Morgan fingerprint density at radius 2 is 1.71 bits per heavy atom. The van der Waals surface area contributed by atoms with Crippen LogP contribution in [0.25, 0.3) is 27.6 Å². The Morgan fingerprint density at radius 3 is 2.39 bits per heavy atom. The van der Waals surface area contributed by atoms with Crippen molar-refractivity contribution in [2.45, 2.75) is 6.92 Å². The van der Waals surface area contributed by atoms with Crippen molar-refractivity contribution in [2.75, 3.05) is 13.7 Å². The monoisotopic (exact) mass is 525 g/mol. The number of hydrogen-bond donors (Lipinski definition) is 1. The second kappa shape index (κ2) is 11.1. The molecule has 0 amide bonds. The first kappa shape index (κ1) is 24.8. The van der Waals surface area contributed by atoms with Crippen molar-refractivity contribution in [3.63, 3.8) is 0 Å². The summed E-state index contributed by atoms with van der Waals surface area (Å²) in [4.78, 5) is 30.1. The predicted octanol–water partition coefficient (Wildman–Crippen LogP) is 6.56. The number of rotatable bonds is 8. The minimum atomic E-state index is -0.409. The van der Waals surface area contributed by atoms with E-state index in [-0.39, 0.29) is 11.2 Å². The van der Waals surface area contributed by atoms with E-state index in [9.17, 15) is 9.59 Å². The SMILES string of the molecule is CCOC(=O)c1ccc(N=Nc2c(-c3ccccc3)[nH]n(-c3nc(-c4ccc(OC)cc4)cs3)c2=O)cc1. The molecule has 0 aliphatic rings. The molecule has 2 heterocycles. The number of nitrogens with one attached hydrogen (secondary N) is 1. The number of azo groups is 1. The molecular weight excluding hydrogens is 502 g/mol. The van der Waals surface area contributed by atoms with Crippen molar-refractivity contribution < 1.29 is 14.3 Å². The van der Waals surface area contributed by atoms with Crippen molar-refractivity contribution in [3.05, 3.63) is 100 Å². The van der Waals surface area contributed by atoms with Crippen LogP contribution in [0.1, 0.15) is 17.3 Å². The van der Waals surface area contributed by atoms with Crippen molar-refractivity contribution in [2.24, 2.45) is 10.2 Å². The molecule has 0 saturated heterocycles. The number of esters is 1. The summed E-state index contributed by atoms with van der Waals surface area (Å²) in [5.41, 5.74) is 3.60. The van der Waals surface area contributed by atoms with E-state index < -0.39 is 5.97 Å². The first-order chi connectivity index (χ1) is 18.6. The third kappa shape index (κ3) is 5.16. The van der Waals surface area contributed by atoms with E-state index in [2.05, 4.69) is 20.3 Å². The van der Waals surface area contributed by atoms with Gasteiger partial charge in [-0.3, -0.25) is 9.89 Å². The summed E-state index contributed by atoms with van der Waals surface area (Å²) in [5.74, 6) is 0.344. The van der Waals surface area contributed by atoms with Gasteiger partial charge in [0.2, 0.25) is 5.13 Å². The third-order valence-corrected chi connectivity index (χ3v) is 6.47. The molecule has 5 rings (SSSR count). The molecule has 0 fully saturated rings. The molecule has 5 aromatic rings. The lowest BCUT2D eigenvalue weighted by Gasteiger charge is -2.01. The maximum absolute atomic E-state index is 13.5. The Bertz CT molecular complexity index is 1640. The molecule has 0 bridgehead atoms. The molecule has 0 aliphatic carbocycles. The Morgan fingerprint density at radius 1 is 0.974 bits per heavy atom. The minimum absolute atomic E-state index is 0.145. The van der Waals surface area contributed by atoms with Gasteiger partial charge in [0.25, 0.3) is 0 Å². The third-order valence-electron chi connectivity index (χ3n) is 5.64. The number of ether oxygens (including phenoxy) is 2. The summed E-state index contributed by atoms with van der Waals surface area (Å²) < 4.78 is 11.6. The molecule has 3 aromatic carbocycles. The smallest absolute Gasteiger partial charge is 0.338 e. The van der Waals surface area contributed by atoms with Gasteiger partial charge in [0.1, 0.15) is 5.75 Å². The van der Waals surface area contributed by atoms with Crippen LogP contribution in [0.2, 0.25) is 0 Å². The highest BCUT2D eigenvalue weighted by atomic mass is 32.1. The van der Waals surface area contributed by atoms with Gasteiger partial charge in [0.05, 0.1) is 36.4 Å². The van der Waals surface area contributed by atoms with Crippen LogP contribution in [-0.4, -0.2) is 34.5 Å². The largest absolute Gasteiger partial charge is 0.497 e. The highest BCUT2D eigenvalue weighted by molar-refractivity contribution is 7.12. The quantitative estimate of drug-likeness (QED) is 0.182. The number of H-pyrrole nitrogens is 1. The average Bonchev–Trinajstić information content (AvgIpc) is 3.57. The Balaban J connectivity index is 1.50. The summed E-state index contributed by atoms with van der Waals surface area (Å²) >= 11 is 1.33. The number of aromatic amines is 1. The van der Waals surface area contributed by atoms with Gasteiger partial charge < -0.3 is 9.47 Å². The van der Waals surface area contributed by atoms with Crippen LogP contribution < -0.4 is 10.3 Å². The molecular formula is C28H23N5O4S. The summed E-state index contributed by atoms with van der Waals surface area (Å²) in [6.45, 7) is 2.04. The van der Waals surface area contributed by atoms with Gasteiger partial charge in [0, 0.05) is 16.5 Å². The number of hydrogen-bond acceptors (Lipinski definition) is 8. The van der Waals surface area contributed by atoms with Gasteiger partial charge in [-0.15, -0.1) is 16.5 Å². The Labute approximate surface area is 222 Å². The Hall–Kier alpha value is -4.83. The number of thiazole rings is 1. The number of nitrogens with zero attached hydrogens (tertiary/aromatic N) is 4. The highest BCUT2D eigenvalue weighted by Gasteiger charge is 2.19. The van der Waals surface area contributed by atoms with Crippen LogP contribution in [0.5, 0.6) is 5.75 Å². The number of benzene rings is 3. The summed E-state index contributed by atoms with van der Waals surface area (Å²) in [7, 11) is 1.62. The molecule has 38 heavy (non-hydrogen) atoms. The van der Waals surface area contributed by atoms with Crippen LogP contribution in [0, 0.1) is 0 Å². The van der Waals surface area contributed by atoms with E-state index in [0.29, 0.717) is 28.7 Å². The number of methoxy groups -OCH3 is 1. The first-order valence-corrected chi connectivity index (χ1v) is 12.6. The van der Waals surface area contributed by atoms with Crippen LogP contribution in [0.4, 0.5) is 11.4 Å². The zero-order chi connectivity index (χ0) is 26.5. The second-order valence-corrected chi connectivity index (χ2v) is 8.89. The van der Waals surface area contributed by atoms with Crippen molar-refractivity contribution >= 4 is 28.7 Å². The van der Waals surface area contributed by atoms with Gasteiger partial charge in [-0.1, -0.05) is 30.3 Å². The van der Waals surface area contributed by atoms with Gasteiger partial charge in [-0.05, 0) is 55.5 Å². The van der Waals surface area contributed by atoms with E-state index in [1.54, 1.807) is 38.3 Å².